The SMILES string of the molecule is C=C1CCN(CC)c2c1cccc2C(O[SiH](C)C)C(C)(C)C. The number of hydrogen-bond donors (Lipinski definition) is 0. The maximum atomic E-state index is 6.48. The molecule has 122 valence electrons. The van der Waals surface area contributed by atoms with E-state index < -0.39 is 9.04 Å². The summed E-state index contributed by atoms with van der Waals surface area (Å²) in [5.41, 5.74) is 5.36. The summed E-state index contributed by atoms with van der Waals surface area (Å²) in [6, 6.07) is 6.64. The van der Waals surface area contributed by atoms with Gasteiger partial charge in [0.15, 0.2) is 9.04 Å². The van der Waals surface area contributed by atoms with Crippen molar-refractivity contribution >= 4 is 20.3 Å². The first kappa shape index (κ1) is 17.3. The molecule has 1 aromatic carbocycles. The lowest BCUT2D eigenvalue weighted by Gasteiger charge is -2.39. The molecule has 2 rings (SSSR count). The highest BCUT2D eigenvalue weighted by molar-refractivity contribution is 6.48. The summed E-state index contributed by atoms with van der Waals surface area (Å²) in [5.74, 6) is 0. The largest absolute Gasteiger partial charge is 0.413 e. The molecule has 0 fully saturated rings. The monoisotopic (exact) mass is 317 g/mol. The first-order valence-corrected chi connectivity index (χ1v) is 11.2. The smallest absolute Gasteiger partial charge is 0.171 e. The second-order valence-electron chi connectivity index (χ2n) is 7.61. The zero-order chi connectivity index (χ0) is 16.5. The Hall–Kier alpha value is -1.06. The molecule has 1 heterocycles. The average molecular weight is 318 g/mol. The van der Waals surface area contributed by atoms with Crippen molar-refractivity contribution in [1.82, 2.24) is 0 Å². The number of para-hydroxylation sites is 1. The summed E-state index contributed by atoms with van der Waals surface area (Å²) in [5, 5.41) is 0. The van der Waals surface area contributed by atoms with Gasteiger partial charge in [-0.05, 0) is 37.4 Å². The summed E-state index contributed by atoms with van der Waals surface area (Å²) in [4.78, 5) is 2.49. The van der Waals surface area contributed by atoms with E-state index in [4.69, 9.17) is 4.43 Å². The summed E-state index contributed by atoms with van der Waals surface area (Å²) in [7, 11) is -1.12. The van der Waals surface area contributed by atoms with E-state index in [1.807, 2.05) is 0 Å². The molecule has 1 unspecified atom stereocenters. The van der Waals surface area contributed by atoms with Gasteiger partial charge in [-0.1, -0.05) is 45.5 Å². The second kappa shape index (κ2) is 6.59. The van der Waals surface area contributed by atoms with Crippen molar-refractivity contribution in [1.29, 1.82) is 0 Å². The second-order valence-corrected chi connectivity index (χ2v) is 9.98. The van der Waals surface area contributed by atoms with Crippen LogP contribution in [0.1, 0.15) is 51.3 Å². The Morgan fingerprint density at radius 3 is 2.55 bits per heavy atom. The first-order valence-electron chi connectivity index (χ1n) is 8.47. The molecular weight excluding hydrogens is 286 g/mol. The minimum absolute atomic E-state index is 0.0879. The van der Waals surface area contributed by atoms with E-state index in [1.54, 1.807) is 0 Å². The molecule has 0 saturated heterocycles. The average Bonchev–Trinajstić information content (AvgIpc) is 2.44. The topological polar surface area (TPSA) is 12.5 Å². The molecule has 1 aliphatic heterocycles. The van der Waals surface area contributed by atoms with Crippen LogP contribution >= 0.6 is 0 Å². The van der Waals surface area contributed by atoms with E-state index >= 15 is 0 Å². The zero-order valence-electron chi connectivity index (χ0n) is 15.1. The van der Waals surface area contributed by atoms with Gasteiger partial charge in [-0.15, -0.1) is 0 Å². The lowest BCUT2D eigenvalue weighted by Crippen LogP contribution is -2.33. The van der Waals surface area contributed by atoms with Gasteiger partial charge in [0.1, 0.15) is 0 Å². The third-order valence-corrected chi connectivity index (χ3v) is 5.12. The molecule has 1 aromatic rings. The van der Waals surface area contributed by atoms with Crippen molar-refractivity contribution in [3.8, 4) is 0 Å². The molecule has 0 amide bonds. The molecule has 2 nitrogen and oxygen atoms in total. The van der Waals surface area contributed by atoms with Gasteiger partial charge < -0.3 is 9.33 Å². The molecule has 0 radical (unpaired) electrons. The van der Waals surface area contributed by atoms with E-state index in [1.165, 1.54) is 22.4 Å². The predicted molar refractivity (Wildman–Crippen MR) is 100 cm³/mol. The van der Waals surface area contributed by atoms with Crippen molar-refractivity contribution in [3.05, 3.63) is 35.9 Å². The van der Waals surface area contributed by atoms with E-state index in [9.17, 15) is 0 Å². The highest BCUT2D eigenvalue weighted by Gasteiger charge is 2.33. The van der Waals surface area contributed by atoms with Gasteiger partial charge in [0, 0.05) is 24.2 Å². The Morgan fingerprint density at radius 2 is 2.00 bits per heavy atom. The third kappa shape index (κ3) is 3.46. The van der Waals surface area contributed by atoms with Gasteiger partial charge in [-0.25, -0.2) is 0 Å². The van der Waals surface area contributed by atoms with Crippen LogP contribution in [-0.2, 0) is 4.43 Å². The van der Waals surface area contributed by atoms with E-state index in [-0.39, 0.29) is 11.5 Å². The molecule has 0 aliphatic carbocycles. The first-order chi connectivity index (χ1) is 10.3. The highest BCUT2D eigenvalue weighted by Crippen LogP contribution is 2.45. The van der Waals surface area contributed by atoms with E-state index in [2.05, 4.69) is 70.5 Å². The molecule has 22 heavy (non-hydrogen) atoms. The van der Waals surface area contributed by atoms with Gasteiger partial charge in [-0.3, -0.25) is 0 Å². The van der Waals surface area contributed by atoms with Crippen molar-refractivity contribution in [2.45, 2.75) is 53.3 Å². The molecular formula is C19H31NOSi. The normalized spacial score (nSPS) is 16.9. The quantitative estimate of drug-likeness (QED) is 0.723. The lowest BCUT2D eigenvalue weighted by atomic mass is 9.81. The number of anilines is 1. The van der Waals surface area contributed by atoms with Crippen LogP contribution in [0.5, 0.6) is 0 Å². The van der Waals surface area contributed by atoms with Crippen LogP contribution in [0.2, 0.25) is 13.1 Å². The van der Waals surface area contributed by atoms with Crippen molar-refractivity contribution in [2.24, 2.45) is 5.41 Å². The predicted octanol–water partition coefficient (Wildman–Crippen LogP) is 5.02. The number of nitrogens with zero attached hydrogens (tertiary/aromatic N) is 1. The fraction of sp³-hybridized carbons (Fsp3) is 0.579. The van der Waals surface area contributed by atoms with Gasteiger partial charge in [0.2, 0.25) is 0 Å². The lowest BCUT2D eigenvalue weighted by molar-refractivity contribution is 0.0869. The number of benzene rings is 1. The van der Waals surface area contributed by atoms with Gasteiger partial charge in [0.05, 0.1) is 11.8 Å². The Bertz CT molecular complexity index is 545. The molecule has 1 atom stereocenters. The summed E-state index contributed by atoms with van der Waals surface area (Å²) in [6.07, 6.45) is 1.21. The molecule has 3 heteroatoms. The minimum Gasteiger partial charge on any atom is -0.413 e. The van der Waals surface area contributed by atoms with Gasteiger partial charge in [-0.2, -0.15) is 0 Å². The fourth-order valence-electron chi connectivity index (χ4n) is 3.26. The number of hydrogen-bond acceptors (Lipinski definition) is 2. The fourth-order valence-corrected chi connectivity index (χ4v) is 4.36. The van der Waals surface area contributed by atoms with Crippen LogP contribution in [0.4, 0.5) is 5.69 Å². The number of fused-ring (bicyclic) bond motifs is 1. The van der Waals surface area contributed by atoms with Gasteiger partial charge in [0.25, 0.3) is 0 Å². The molecule has 0 saturated carbocycles. The zero-order valence-corrected chi connectivity index (χ0v) is 16.2. The Morgan fingerprint density at radius 1 is 1.32 bits per heavy atom. The molecule has 0 N–H and O–H groups in total. The van der Waals surface area contributed by atoms with Crippen LogP contribution in [0.15, 0.2) is 24.8 Å². The Labute approximate surface area is 137 Å². The van der Waals surface area contributed by atoms with Crippen molar-refractivity contribution in [2.75, 3.05) is 18.0 Å². The Balaban J connectivity index is 2.58. The van der Waals surface area contributed by atoms with E-state index in [0.717, 1.165) is 19.5 Å². The van der Waals surface area contributed by atoms with Crippen molar-refractivity contribution in [3.63, 3.8) is 0 Å². The van der Waals surface area contributed by atoms with Crippen LogP contribution in [0.25, 0.3) is 5.57 Å². The summed E-state index contributed by atoms with van der Waals surface area (Å²) >= 11 is 0. The molecule has 0 aromatic heterocycles. The molecule has 1 aliphatic rings. The highest BCUT2D eigenvalue weighted by atomic mass is 28.3. The number of rotatable bonds is 4. The van der Waals surface area contributed by atoms with Crippen LogP contribution < -0.4 is 4.90 Å². The Kier molecular flexibility index (Phi) is 5.18. The van der Waals surface area contributed by atoms with Gasteiger partial charge >= 0.3 is 0 Å². The van der Waals surface area contributed by atoms with E-state index in [0.29, 0.717) is 0 Å². The van der Waals surface area contributed by atoms with Crippen LogP contribution in [0.3, 0.4) is 0 Å². The third-order valence-electron chi connectivity index (χ3n) is 4.31. The molecule has 0 bridgehead atoms. The van der Waals surface area contributed by atoms with Crippen LogP contribution in [0, 0.1) is 5.41 Å². The van der Waals surface area contributed by atoms with Crippen LogP contribution in [-0.4, -0.2) is 22.1 Å². The standard InChI is InChI=1S/C19H31NOSi/c1-8-20-13-12-14(2)15-10-9-11-16(17(15)20)18(19(3,4)5)21-22(6)7/h9-11,18,22H,2,8,12-13H2,1,3-7H3. The molecule has 0 spiro atoms. The maximum Gasteiger partial charge on any atom is 0.171 e. The maximum absolute atomic E-state index is 6.48. The minimum atomic E-state index is -1.12. The summed E-state index contributed by atoms with van der Waals surface area (Å²) in [6.45, 7) is 20.0. The summed E-state index contributed by atoms with van der Waals surface area (Å²) < 4.78 is 6.48. The van der Waals surface area contributed by atoms with Crippen molar-refractivity contribution < 1.29 is 4.43 Å².